The summed E-state index contributed by atoms with van der Waals surface area (Å²) in [4.78, 5) is 0. The van der Waals surface area contributed by atoms with E-state index in [0.717, 1.165) is 29.8 Å². The van der Waals surface area contributed by atoms with Gasteiger partial charge in [0.1, 0.15) is 0 Å². The third-order valence-corrected chi connectivity index (χ3v) is 5.03. The number of rotatable bonds is 3. The van der Waals surface area contributed by atoms with Gasteiger partial charge in [-0.3, -0.25) is 0 Å². The zero-order chi connectivity index (χ0) is 12.3. The van der Waals surface area contributed by atoms with Gasteiger partial charge in [0.25, 0.3) is 0 Å². The monoisotopic (exact) mass is 237 g/mol. The molecule has 0 spiro atoms. The predicted molar refractivity (Wildman–Crippen MR) is 75.1 cm³/mol. The van der Waals surface area contributed by atoms with E-state index >= 15 is 0 Å². The zero-order valence-electron chi connectivity index (χ0n) is 12.0. The summed E-state index contributed by atoms with van der Waals surface area (Å²) in [6.45, 7) is 7.28. The minimum Gasteiger partial charge on any atom is -0.311 e. The molecule has 0 aromatic carbocycles. The van der Waals surface area contributed by atoms with Gasteiger partial charge in [-0.15, -0.1) is 0 Å². The van der Waals surface area contributed by atoms with E-state index in [0.29, 0.717) is 0 Å². The number of hydrogen-bond donors (Lipinski definition) is 1. The van der Waals surface area contributed by atoms with Gasteiger partial charge in [-0.25, -0.2) is 0 Å². The van der Waals surface area contributed by atoms with Crippen LogP contribution < -0.4 is 5.32 Å². The summed E-state index contributed by atoms with van der Waals surface area (Å²) in [7, 11) is 0. The molecule has 2 saturated carbocycles. The fourth-order valence-corrected chi connectivity index (χ4v) is 4.23. The first kappa shape index (κ1) is 13.4. The molecule has 1 heteroatoms. The molecule has 0 aromatic rings. The van der Waals surface area contributed by atoms with Crippen molar-refractivity contribution >= 4 is 0 Å². The molecular formula is C16H31N. The van der Waals surface area contributed by atoms with Crippen molar-refractivity contribution in [3.05, 3.63) is 0 Å². The quantitative estimate of drug-likeness (QED) is 0.768. The molecule has 0 bridgehead atoms. The van der Waals surface area contributed by atoms with Gasteiger partial charge in [-0.05, 0) is 56.8 Å². The summed E-state index contributed by atoms with van der Waals surface area (Å²) >= 11 is 0. The van der Waals surface area contributed by atoms with Crippen molar-refractivity contribution in [3.8, 4) is 0 Å². The van der Waals surface area contributed by atoms with E-state index in [1.807, 2.05) is 0 Å². The van der Waals surface area contributed by atoms with E-state index in [-0.39, 0.29) is 0 Å². The summed E-state index contributed by atoms with van der Waals surface area (Å²) in [5, 5.41) is 3.95. The zero-order valence-corrected chi connectivity index (χ0v) is 12.0. The van der Waals surface area contributed by atoms with Crippen LogP contribution in [0.4, 0.5) is 0 Å². The standard InChI is InChI=1S/C16H31N/c1-12-9-13(2)11-16(10-12)17-14(3)15-7-5-4-6-8-15/h12-17H,4-11H2,1-3H3/t12?,13?,14-,16?/m0/s1. The van der Waals surface area contributed by atoms with Crippen LogP contribution in [0.15, 0.2) is 0 Å². The molecule has 2 aliphatic carbocycles. The first-order valence-corrected chi connectivity index (χ1v) is 7.91. The van der Waals surface area contributed by atoms with Gasteiger partial charge in [-0.2, -0.15) is 0 Å². The molecule has 2 aliphatic rings. The van der Waals surface area contributed by atoms with Gasteiger partial charge in [0.15, 0.2) is 0 Å². The second-order valence-corrected chi connectivity index (χ2v) is 6.97. The van der Waals surface area contributed by atoms with Crippen LogP contribution in [0.2, 0.25) is 0 Å². The number of hydrogen-bond acceptors (Lipinski definition) is 1. The van der Waals surface area contributed by atoms with Crippen molar-refractivity contribution in [1.82, 2.24) is 5.32 Å². The summed E-state index contributed by atoms with van der Waals surface area (Å²) in [5.41, 5.74) is 0. The average molecular weight is 237 g/mol. The highest BCUT2D eigenvalue weighted by Gasteiger charge is 2.27. The van der Waals surface area contributed by atoms with Crippen molar-refractivity contribution in [3.63, 3.8) is 0 Å². The Morgan fingerprint density at radius 2 is 1.47 bits per heavy atom. The molecule has 0 heterocycles. The van der Waals surface area contributed by atoms with Crippen molar-refractivity contribution < 1.29 is 0 Å². The Morgan fingerprint density at radius 3 is 2.06 bits per heavy atom. The minimum absolute atomic E-state index is 0.748. The molecular weight excluding hydrogens is 206 g/mol. The van der Waals surface area contributed by atoms with Crippen molar-refractivity contribution in [1.29, 1.82) is 0 Å². The molecule has 2 rings (SSSR count). The minimum atomic E-state index is 0.748. The summed E-state index contributed by atoms with van der Waals surface area (Å²) in [5.74, 6) is 2.81. The fourth-order valence-electron chi connectivity index (χ4n) is 4.23. The fraction of sp³-hybridized carbons (Fsp3) is 1.00. The first-order chi connectivity index (χ1) is 8.15. The molecule has 3 atom stereocenters. The predicted octanol–water partition coefficient (Wildman–Crippen LogP) is 4.37. The Kier molecular flexibility index (Phi) is 4.90. The normalized spacial score (nSPS) is 37.9. The van der Waals surface area contributed by atoms with Crippen LogP contribution in [0, 0.1) is 17.8 Å². The highest BCUT2D eigenvalue weighted by atomic mass is 15.0. The van der Waals surface area contributed by atoms with Gasteiger partial charge < -0.3 is 5.32 Å². The Bertz CT molecular complexity index is 210. The maximum absolute atomic E-state index is 3.95. The summed E-state index contributed by atoms with van der Waals surface area (Å²) in [6.07, 6.45) is 11.6. The van der Waals surface area contributed by atoms with Gasteiger partial charge in [0.2, 0.25) is 0 Å². The second kappa shape index (κ2) is 6.22. The number of nitrogens with one attached hydrogen (secondary N) is 1. The van der Waals surface area contributed by atoms with Crippen molar-refractivity contribution in [2.45, 2.75) is 84.2 Å². The van der Waals surface area contributed by atoms with E-state index in [1.165, 1.54) is 51.4 Å². The largest absolute Gasteiger partial charge is 0.311 e. The molecule has 1 nitrogen and oxygen atoms in total. The third kappa shape index (κ3) is 3.98. The lowest BCUT2D eigenvalue weighted by atomic mass is 9.79. The van der Waals surface area contributed by atoms with Crippen LogP contribution in [0.3, 0.4) is 0 Å². The molecule has 2 fully saturated rings. The Morgan fingerprint density at radius 1 is 0.882 bits per heavy atom. The molecule has 100 valence electrons. The van der Waals surface area contributed by atoms with E-state index in [4.69, 9.17) is 0 Å². The molecule has 0 radical (unpaired) electrons. The third-order valence-electron chi connectivity index (χ3n) is 5.03. The summed E-state index contributed by atoms with van der Waals surface area (Å²) in [6, 6.07) is 1.54. The Hall–Kier alpha value is -0.0400. The molecule has 0 amide bonds. The molecule has 2 unspecified atom stereocenters. The van der Waals surface area contributed by atoms with Gasteiger partial charge in [0.05, 0.1) is 0 Å². The lowest BCUT2D eigenvalue weighted by Gasteiger charge is -2.37. The van der Waals surface area contributed by atoms with Crippen molar-refractivity contribution in [2.24, 2.45) is 17.8 Å². The molecule has 1 N–H and O–H groups in total. The van der Waals surface area contributed by atoms with Crippen LogP contribution in [0.1, 0.15) is 72.1 Å². The van der Waals surface area contributed by atoms with E-state index in [1.54, 1.807) is 0 Å². The van der Waals surface area contributed by atoms with Crippen LogP contribution in [0.5, 0.6) is 0 Å². The van der Waals surface area contributed by atoms with E-state index < -0.39 is 0 Å². The molecule has 0 saturated heterocycles. The lowest BCUT2D eigenvalue weighted by Crippen LogP contribution is -2.44. The Balaban J connectivity index is 1.78. The Labute approximate surface area is 108 Å². The maximum Gasteiger partial charge on any atom is 0.00747 e. The summed E-state index contributed by atoms with van der Waals surface area (Å²) < 4.78 is 0. The highest BCUT2D eigenvalue weighted by molar-refractivity contribution is 4.84. The molecule has 0 aliphatic heterocycles. The SMILES string of the molecule is CC1CC(C)CC(N[C@@H](C)C2CCCCC2)C1. The topological polar surface area (TPSA) is 12.0 Å². The van der Waals surface area contributed by atoms with Crippen molar-refractivity contribution in [2.75, 3.05) is 0 Å². The first-order valence-electron chi connectivity index (χ1n) is 7.91. The van der Waals surface area contributed by atoms with E-state index in [9.17, 15) is 0 Å². The van der Waals surface area contributed by atoms with Gasteiger partial charge in [-0.1, -0.05) is 33.1 Å². The average Bonchev–Trinajstić information content (AvgIpc) is 2.28. The van der Waals surface area contributed by atoms with Crippen LogP contribution >= 0.6 is 0 Å². The van der Waals surface area contributed by atoms with Crippen LogP contribution in [0.25, 0.3) is 0 Å². The van der Waals surface area contributed by atoms with Crippen LogP contribution in [-0.2, 0) is 0 Å². The van der Waals surface area contributed by atoms with Crippen LogP contribution in [-0.4, -0.2) is 12.1 Å². The lowest BCUT2D eigenvalue weighted by molar-refractivity contribution is 0.195. The maximum atomic E-state index is 3.95. The van der Waals surface area contributed by atoms with Gasteiger partial charge in [0, 0.05) is 12.1 Å². The smallest absolute Gasteiger partial charge is 0.00747 e. The molecule has 17 heavy (non-hydrogen) atoms. The molecule has 0 aromatic heterocycles. The second-order valence-electron chi connectivity index (χ2n) is 6.97. The van der Waals surface area contributed by atoms with E-state index in [2.05, 4.69) is 26.1 Å². The highest BCUT2D eigenvalue weighted by Crippen LogP contribution is 2.31. The van der Waals surface area contributed by atoms with Gasteiger partial charge >= 0.3 is 0 Å².